The molecule has 1 aliphatic rings. The van der Waals surface area contributed by atoms with Crippen LogP contribution in [0.2, 0.25) is 0 Å². The summed E-state index contributed by atoms with van der Waals surface area (Å²) in [5, 5.41) is 23.7. The van der Waals surface area contributed by atoms with Crippen molar-refractivity contribution in [2.45, 2.75) is 63.6 Å². The molecule has 0 amide bonds. The highest BCUT2D eigenvalue weighted by Crippen LogP contribution is 2.50. The van der Waals surface area contributed by atoms with Crippen LogP contribution in [0.15, 0.2) is 52.2 Å². The molecule has 0 spiro atoms. The highest BCUT2D eigenvalue weighted by molar-refractivity contribution is 7.52. The number of nitrogens with one attached hydrogen (secondary N) is 2. The number of hydrogen-bond donors (Lipinski definition) is 4. The SMILES string of the molecule is CC(C)OC(=O)C(C)NP(=O)(OCC1(F)OC(n2ccc(=O)[nH]c2=O)C(C)(O)C1O)Oc1ccccc1. The van der Waals surface area contributed by atoms with Gasteiger partial charge in [0.1, 0.15) is 30.1 Å². The van der Waals surface area contributed by atoms with Crippen molar-refractivity contribution < 1.29 is 42.5 Å². The third kappa shape index (κ3) is 6.53. The van der Waals surface area contributed by atoms with Crippen LogP contribution >= 0.6 is 7.75 Å². The summed E-state index contributed by atoms with van der Waals surface area (Å²) >= 11 is 0. The van der Waals surface area contributed by atoms with Crippen molar-refractivity contribution >= 4 is 13.7 Å². The predicted octanol–water partition coefficient (Wildman–Crippen LogP) is 0.977. The molecule has 6 unspecified atom stereocenters. The minimum Gasteiger partial charge on any atom is -0.462 e. The fourth-order valence-electron chi connectivity index (χ4n) is 3.51. The number of alkyl halides is 1. The van der Waals surface area contributed by atoms with Crippen molar-refractivity contribution in [2.75, 3.05) is 6.61 Å². The number of aromatic amines is 1. The fourth-order valence-corrected chi connectivity index (χ4v) is 5.02. The Balaban J connectivity index is 1.86. The zero-order valence-corrected chi connectivity index (χ0v) is 21.4. The number of ether oxygens (including phenoxy) is 2. The van der Waals surface area contributed by atoms with Crippen LogP contribution in [-0.4, -0.2) is 62.0 Å². The van der Waals surface area contributed by atoms with Crippen LogP contribution in [0.5, 0.6) is 5.75 Å². The van der Waals surface area contributed by atoms with E-state index in [0.717, 1.165) is 19.2 Å². The van der Waals surface area contributed by atoms with E-state index in [-0.39, 0.29) is 5.75 Å². The van der Waals surface area contributed by atoms with Gasteiger partial charge in [0.25, 0.3) is 11.4 Å². The van der Waals surface area contributed by atoms with E-state index < -0.39 is 67.5 Å². The summed E-state index contributed by atoms with van der Waals surface area (Å²) in [7, 11) is -4.55. The predicted molar refractivity (Wildman–Crippen MR) is 126 cm³/mol. The molecule has 1 saturated heterocycles. The Hall–Kier alpha value is -2.87. The van der Waals surface area contributed by atoms with Crippen LogP contribution in [0.4, 0.5) is 4.39 Å². The second-order valence-electron chi connectivity index (χ2n) is 8.91. The Kier molecular flexibility index (Phi) is 8.42. The maximum Gasteiger partial charge on any atom is 0.459 e. The number of aromatic nitrogens is 2. The van der Waals surface area contributed by atoms with Gasteiger partial charge in [-0.05, 0) is 39.8 Å². The lowest BCUT2D eigenvalue weighted by molar-refractivity contribution is -0.204. The van der Waals surface area contributed by atoms with Gasteiger partial charge in [0, 0.05) is 12.3 Å². The molecule has 1 aromatic carbocycles. The van der Waals surface area contributed by atoms with E-state index in [2.05, 4.69) is 5.09 Å². The molecule has 15 heteroatoms. The quantitative estimate of drug-likeness (QED) is 0.247. The number of rotatable bonds is 10. The molecular weight excluding hydrogens is 516 g/mol. The topological polar surface area (TPSA) is 178 Å². The number of aliphatic hydroxyl groups is 2. The number of aliphatic hydroxyl groups excluding tert-OH is 1. The lowest BCUT2D eigenvalue weighted by Crippen LogP contribution is -2.50. The smallest absolute Gasteiger partial charge is 0.459 e. The zero-order valence-electron chi connectivity index (χ0n) is 20.5. The number of para-hydroxylation sites is 1. The van der Waals surface area contributed by atoms with Crippen LogP contribution in [0.1, 0.15) is 33.9 Å². The molecule has 2 aromatic rings. The summed E-state index contributed by atoms with van der Waals surface area (Å²) in [6, 6.07) is 7.38. The molecule has 1 aromatic heterocycles. The first kappa shape index (κ1) is 28.7. The molecule has 0 aliphatic carbocycles. The molecule has 1 fully saturated rings. The van der Waals surface area contributed by atoms with Gasteiger partial charge in [0.05, 0.1) is 6.10 Å². The Labute approximate surface area is 210 Å². The van der Waals surface area contributed by atoms with Gasteiger partial charge in [-0.1, -0.05) is 18.2 Å². The fraction of sp³-hybridized carbons (Fsp3) is 0.500. The van der Waals surface area contributed by atoms with Crippen molar-refractivity contribution in [3.63, 3.8) is 0 Å². The number of benzene rings is 1. The van der Waals surface area contributed by atoms with Crippen LogP contribution in [0, 0.1) is 0 Å². The van der Waals surface area contributed by atoms with Gasteiger partial charge in [0.15, 0.2) is 6.23 Å². The van der Waals surface area contributed by atoms with Crippen molar-refractivity contribution in [3.05, 3.63) is 63.4 Å². The Morgan fingerprint density at radius 2 is 1.92 bits per heavy atom. The molecule has 204 valence electrons. The van der Waals surface area contributed by atoms with E-state index in [1.54, 1.807) is 32.0 Å². The third-order valence-corrected chi connectivity index (χ3v) is 6.95. The van der Waals surface area contributed by atoms with E-state index >= 15 is 4.39 Å². The summed E-state index contributed by atoms with van der Waals surface area (Å²) in [6.45, 7) is 4.29. The molecule has 0 radical (unpaired) electrons. The number of halogens is 1. The first-order valence-corrected chi connectivity index (χ1v) is 12.8. The second-order valence-corrected chi connectivity index (χ2v) is 10.6. The number of carbonyl (C=O) groups excluding carboxylic acids is 1. The Morgan fingerprint density at radius 1 is 1.27 bits per heavy atom. The van der Waals surface area contributed by atoms with Crippen LogP contribution in [0.25, 0.3) is 0 Å². The summed E-state index contributed by atoms with van der Waals surface area (Å²) in [5.74, 6) is -3.95. The molecule has 0 bridgehead atoms. The van der Waals surface area contributed by atoms with Gasteiger partial charge >= 0.3 is 19.4 Å². The van der Waals surface area contributed by atoms with Gasteiger partial charge in [-0.25, -0.2) is 13.8 Å². The van der Waals surface area contributed by atoms with E-state index in [4.69, 9.17) is 18.5 Å². The molecular formula is C22H29FN3O10P. The van der Waals surface area contributed by atoms with E-state index in [1.807, 2.05) is 4.98 Å². The molecule has 37 heavy (non-hydrogen) atoms. The average molecular weight is 545 g/mol. The maximum atomic E-state index is 15.8. The third-order valence-electron chi connectivity index (χ3n) is 5.33. The lowest BCUT2D eigenvalue weighted by Gasteiger charge is -2.29. The van der Waals surface area contributed by atoms with Gasteiger partial charge < -0.3 is 24.2 Å². The highest BCUT2D eigenvalue weighted by atomic mass is 31.2. The first-order valence-electron chi connectivity index (χ1n) is 11.2. The van der Waals surface area contributed by atoms with E-state index in [9.17, 15) is 29.2 Å². The summed E-state index contributed by atoms with van der Waals surface area (Å²) in [6.07, 6.45) is -3.63. The van der Waals surface area contributed by atoms with Gasteiger partial charge in [-0.15, -0.1) is 0 Å². The van der Waals surface area contributed by atoms with Crippen LogP contribution in [0.3, 0.4) is 0 Å². The number of esters is 1. The van der Waals surface area contributed by atoms with Crippen molar-refractivity contribution in [3.8, 4) is 5.75 Å². The number of carbonyl (C=O) groups is 1. The second kappa shape index (κ2) is 10.9. The van der Waals surface area contributed by atoms with Crippen molar-refractivity contribution in [1.82, 2.24) is 14.6 Å². The monoisotopic (exact) mass is 545 g/mol. The normalized spacial score (nSPS) is 28.0. The summed E-state index contributed by atoms with van der Waals surface area (Å²) in [5.41, 5.74) is -4.18. The van der Waals surface area contributed by atoms with Gasteiger partial charge in [-0.2, -0.15) is 5.09 Å². The minimum absolute atomic E-state index is 0.0493. The summed E-state index contributed by atoms with van der Waals surface area (Å²) < 4.78 is 51.0. The average Bonchev–Trinajstić information content (AvgIpc) is 2.98. The van der Waals surface area contributed by atoms with Crippen molar-refractivity contribution in [1.29, 1.82) is 0 Å². The highest BCUT2D eigenvalue weighted by Gasteiger charge is 2.63. The molecule has 6 atom stereocenters. The van der Waals surface area contributed by atoms with Crippen LogP contribution in [-0.2, 0) is 23.4 Å². The molecule has 13 nitrogen and oxygen atoms in total. The Bertz CT molecular complexity index is 1270. The number of nitrogens with zero attached hydrogens (tertiary/aromatic N) is 1. The molecule has 1 aliphatic heterocycles. The van der Waals surface area contributed by atoms with E-state index in [0.29, 0.717) is 4.57 Å². The van der Waals surface area contributed by atoms with E-state index in [1.165, 1.54) is 19.1 Å². The number of H-pyrrole nitrogens is 1. The minimum atomic E-state index is -4.55. The molecule has 0 saturated carbocycles. The largest absolute Gasteiger partial charge is 0.462 e. The van der Waals surface area contributed by atoms with Gasteiger partial charge in [0.2, 0.25) is 0 Å². The standard InChI is InChI=1S/C22H29FN3O10P/c1-13(2)34-17(28)14(3)25-37(32,36-15-8-6-5-7-9-15)33-12-22(23)18(29)21(4,31)19(35-22)26-11-10-16(27)24-20(26)30/h5-11,13-14,18-19,29,31H,12H2,1-4H3,(H,25,32)(H,24,27,30). The zero-order chi connectivity index (χ0) is 27.6. The summed E-state index contributed by atoms with van der Waals surface area (Å²) in [4.78, 5) is 37.7. The molecule has 4 N–H and O–H groups in total. The maximum absolute atomic E-state index is 15.8. The lowest BCUT2D eigenvalue weighted by atomic mass is 9.95. The number of hydrogen-bond acceptors (Lipinski definition) is 10. The van der Waals surface area contributed by atoms with Gasteiger partial charge in [-0.3, -0.25) is 23.7 Å². The first-order chi connectivity index (χ1) is 17.2. The van der Waals surface area contributed by atoms with Crippen LogP contribution < -0.4 is 20.9 Å². The van der Waals surface area contributed by atoms with Crippen molar-refractivity contribution in [2.24, 2.45) is 0 Å². The Morgan fingerprint density at radius 3 is 2.51 bits per heavy atom. The molecule has 2 heterocycles. The molecule has 3 rings (SSSR count).